The lowest BCUT2D eigenvalue weighted by atomic mass is 10.1. The number of carbonyl (C=O) groups is 1. The average Bonchev–Trinajstić information content (AvgIpc) is 3.14. The highest BCUT2D eigenvalue weighted by Crippen LogP contribution is 2.25. The predicted molar refractivity (Wildman–Crippen MR) is 86.7 cm³/mol. The van der Waals surface area contributed by atoms with Gasteiger partial charge >= 0.3 is 12.3 Å². The molecule has 0 saturated heterocycles. The lowest BCUT2D eigenvalue weighted by Gasteiger charge is -2.08. The molecule has 0 aliphatic heterocycles. The quantitative estimate of drug-likeness (QED) is 0.611. The molecule has 0 bridgehead atoms. The van der Waals surface area contributed by atoms with Crippen molar-refractivity contribution in [3.8, 4) is 23.2 Å². The number of halogens is 3. The molecule has 142 valence electrons. The summed E-state index contributed by atoms with van der Waals surface area (Å²) < 4.78 is 50.3. The molecule has 7 nitrogen and oxygen atoms in total. The summed E-state index contributed by atoms with van der Waals surface area (Å²) in [6.45, 7) is -0.291. The Hall–Kier alpha value is -3.87. The van der Waals surface area contributed by atoms with Crippen LogP contribution in [0.25, 0.3) is 11.4 Å². The van der Waals surface area contributed by atoms with Crippen LogP contribution in [-0.2, 0) is 11.3 Å². The molecule has 1 heterocycles. The number of nitriles is 1. The maximum atomic E-state index is 12.2. The van der Waals surface area contributed by atoms with Crippen molar-refractivity contribution in [1.29, 1.82) is 5.26 Å². The van der Waals surface area contributed by atoms with Crippen molar-refractivity contribution >= 4 is 5.97 Å². The van der Waals surface area contributed by atoms with E-state index < -0.39 is 12.3 Å². The second-order valence-corrected chi connectivity index (χ2v) is 5.35. The van der Waals surface area contributed by atoms with E-state index in [4.69, 9.17) is 14.5 Å². The fourth-order valence-electron chi connectivity index (χ4n) is 2.13. The first-order valence-electron chi connectivity index (χ1n) is 7.70. The molecule has 0 N–H and O–H groups in total. The summed E-state index contributed by atoms with van der Waals surface area (Å²) in [5, 5.41) is 12.4. The molecule has 10 heteroatoms. The Balaban J connectivity index is 1.60. The zero-order valence-corrected chi connectivity index (χ0v) is 13.9. The second-order valence-electron chi connectivity index (χ2n) is 5.35. The summed E-state index contributed by atoms with van der Waals surface area (Å²) in [6.07, 6.45) is -4.78. The smallest absolute Gasteiger partial charge is 0.452 e. The van der Waals surface area contributed by atoms with E-state index in [1.165, 1.54) is 36.4 Å². The summed E-state index contributed by atoms with van der Waals surface area (Å²) in [5.41, 5.74) is 1.05. The van der Waals surface area contributed by atoms with Gasteiger partial charge in [-0.05, 0) is 48.5 Å². The molecule has 0 unspecified atom stereocenters. The van der Waals surface area contributed by atoms with Gasteiger partial charge in [-0.25, -0.2) is 4.79 Å². The molecule has 2 aromatic carbocycles. The lowest BCUT2D eigenvalue weighted by molar-refractivity contribution is -0.274. The van der Waals surface area contributed by atoms with Crippen molar-refractivity contribution < 1.29 is 32.0 Å². The largest absolute Gasteiger partial charge is 0.573 e. The van der Waals surface area contributed by atoms with Crippen LogP contribution in [0.3, 0.4) is 0 Å². The van der Waals surface area contributed by atoms with E-state index in [-0.39, 0.29) is 29.6 Å². The van der Waals surface area contributed by atoms with E-state index in [0.29, 0.717) is 11.1 Å². The van der Waals surface area contributed by atoms with E-state index >= 15 is 0 Å². The molecule has 0 amide bonds. The van der Waals surface area contributed by atoms with Crippen LogP contribution >= 0.6 is 0 Å². The fourth-order valence-corrected chi connectivity index (χ4v) is 2.13. The molecule has 0 aliphatic rings. The van der Waals surface area contributed by atoms with Gasteiger partial charge in [0.05, 0.1) is 17.2 Å². The van der Waals surface area contributed by atoms with Crippen LogP contribution in [-0.4, -0.2) is 22.5 Å². The summed E-state index contributed by atoms with van der Waals surface area (Å²) in [5.74, 6) is -0.898. The van der Waals surface area contributed by atoms with Crippen molar-refractivity contribution in [2.24, 2.45) is 0 Å². The Morgan fingerprint density at radius 1 is 1.11 bits per heavy atom. The number of hydrogen-bond acceptors (Lipinski definition) is 7. The number of aromatic nitrogens is 2. The number of esters is 1. The zero-order valence-electron chi connectivity index (χ0n) is 13.9. The third-order valence-electron chi connectivity index (χ3n) is 3.39. The third kappa shape index (κ3) is 4.85. The Morgan fingerprint density at radius 2 is 1.79 bits per heavy atom. The van der Waals surface area contributed by atoms with Gasteiger partial charge < -0.3 is 14.0 Å². The van der Waals surface area contributed by atoms with Gasteiger partial charge in [0.25, 0.3) is 5.89 Å². The van der Waals surface area contributed by atoms with E-state index in [0.717, 1.165) is 12.1 Å². The molecule has 3 aromatic rings. The van der Waals surface area contributed by atoms with Gasteiger partial charge in [0.1, 0.15) is 5.75 Å². The molecule has 28 heavy (non-hydrogen) atoms. The number of benzene rings is 2. The van der Waals surface area contributed by atoms with Gasteiger partial charge in [-0.1, -0.05) is 5.16 Å². The summed E-state index contributed by atoms with van der Waals surface area (Å²) in [6, 6.07) is 12.7. The van der Waals surface area contributed by atoms with Gasteiger partial charge in [0, 0.05) is 5.56 Å². The minimum absolute atomic E-state index is 0.00705. The number of hydrogen-bond donors (Lipinski definition) is 0. The Bertz CT molecular complexity index is 1010. The normalized spacial score (nSPS) is 10.9. The van der Waals surface area contributed by atoms with Gasteiger partial charge in [-0.2, -0.15) is 10.2 Å². The highest BCUT2D eigenvalue weighted by molar-refractivity contribution is 5.89. The van der Waals surface area contributed by atoms with E-state index in [1.54, 1.807) is 0 Å². The van der Waals surface area contributed by atoms with Gasteiger partial charge in [0.15, 0.2) is 6.61 Å². The van der Waals surface area contributed by atoms with Crippen LogP contribution in [0.15, 0.2) is 53.1 Å². The number of alkyl halides is 3. The Labute approximate surface area is 155 Å². The van der Waals surface area contributed by atoms with E-state index in [1.807, 2.05) is 6.07 Å². The molecule has 0 aliphatic carbocycles. The van der Waals surface area contributed by atoms with E-state index in [9.17, 15) is 18.0 Å². The van der Waals surface area contributed by atoms with Gasteiger partial charge in [-0.15, -0.1) is 13.2 Å². The molecule has 0 atom stereocenters. The SMILES string of the molecule is N#Cc1ccc(C(=O)OCc2nc(-c3ccc(OC(F)(F)F)cc3)no2)cc1. The molecule has 0 fully saturated rings. The first-order chi connectivity index (χ1) is 13.3. The number of rotatable bonds is 5. The number of ether oxygens (including phenoxy) is 2. The molecule has 1 aromatic heterocycles. The predicted octanol–water partition coefficient (Wildman–Crippen LogP) is 3.86. The van der Waals surface area contributed by atoms with Crippen molar-refractivity contribution in [3.63, 3.8) is 0 Å². The van der Waals surface area contributed by atoms with Crippen molar-refractivity contribution in [1.82, 2.24) is 10.1 Å². The van der Waals surface area contributed by atoms with Gasteiger partial charge in [0.2, 0.25) is 5.82 Å². The summed E-state index contributed by atoms with van der Waals surface area (Å²) in [4.78, 5) is 16.0. The average molecular weight is 389 g/mol. The minimum Gasteiger partial charge on any atom is -0.452 e. The maximum Gasteiger partial charge on any atom is 0.573 e. The van der Waals surface area contributed by atoms with Crippen LogP contribution < -0.4 is 4.74 Å². The Kier molecular flexibility index (Phi) is 5.26. The van der Waals surface area contributed by atoms with E-state index in [2.05, 4.69) is 14.9 Å². The minimum atomic E-state index is -4.78. The standard InChI is InChI=1S/C18H10F3N3O4/c19-18(20,21)27-14-7-5-12(6-8-14)16-23-15(28-24-16)10-26-17(25)13-3-1-11(9-22)2-4-13/h1-8H,10H2. The van der Waals surface area contributed by atoms with Crippen LogP contribution in [0.5, 0.6) is 5.75 Å². The van der Waals surface area contributed by atoms with Crippen LogP contribution in [0.4, 0.5) is 13.2 Å². The van der Waals surface area contributed by atoms with Crippen LogP contribution in [0, 0.1) is 11.3 Å². The number of carbonyl (C=O) groups excluding carboxylic acids is 1. The Morgan fingerprint density at radius 3 is 2.39 bits per heavy atom. The highest BCUT2D eigenvalue weighted by Gasteiger charge is 2.31. The van der Waals surface area contributed by atoms with Crippen molar-refractivity contribution in [2.45, 2.75) is 13.0 Å². The fraction of sp³-hybridized carbons (Fsp3) is 0.111. The zero-order chi connectivity index (χ0) is 20.1. The number of nitrogens with zero attached hydrogens (tertiary/aromatic N) is 3. The molecular weight excluding hydrogens is 379 g/mol. The first-order valence-corrected chi connectivity index (χ1v) is 7.70. The molecule has 3 rings (SSSR count). The third-order valence-corrected chi connectivity index (χ3v) is 3.39. The van der Waals surface area contributed by atoms with Crippen molar-refractivity contribution in [2.75, 3.05) is 0 Å². The summed E-state index contributed by atoms with van der Waals surface area (Å²) in [7, 11) is 0. The lowest BCUT2D eigenvalue weighted by Crippen LogP contribution is -2.16. The second kappa shape index (κ2) is 7.79. The molecular formula is C18H10F3N3O4. The topological polar surface area (TPSA) is 98.2 Å². The monoisotopic (exact) mass is 389 g/mol. The molecule has 0 radical (unpaired) electrons. The van der Waals surface area contributed by atoms with Crippen molar-refractivity contribution in [3.05, 3.63) is 65.5 Å². The van der Waals surface area contributed by atoms with Crippen LogP contribution in [0.1, 0.15) is 21.8 Å². The maximum absolute atomic E-state index is 12.2. The van der Waals surface area contributed by atoms with Crippen LogP contribution in [0.2, 0.25) is 0 Å². The molecule has 0 saturated carbocycles. The molecule has 0 spiro atoms. The van der Waals surface area contributed by atoms with Gasteiger partial charge in [-0.3, -0.25) is 0 Å². The first kappa shape index (κ1) is 18.9. The highest BCUT2D eigenvalue weighted by atomic mass is 19.4. The summed E-state index contributed by atoms with van der Waals surface area (Å²) >= 11 is 0.